The Hall–Kier alpha value is -0.610. The van der Waals surface area contributed by atoms with Crippen molar-refractivity contribution in [3.63, 3.8) is 0 Å². The Kier molecular flexibility index (Phi) is 5.67. The van der Waals surface area contributed by atoms with Crippen molar-refractivity contribution in [1.29, 1.82) is 0 Å². The van der Waals surface area contributed by atoms with Crippen LogP contribution in [0.5, 0.6) is 0 Å². The Balaban J connectivity index is 2.12. The van der Waals surface area contributed by atoms with Crippen LogP contribution in [0.25, 0.3) is 0 Å². The first-order valence-corrected chi connectivity index (χ1v) is 9.25. The van der Waals surface area contributed by atoms with Crippen molar-refractivity contribution in [1.82, 2.24) is 10.3 Å². The Labute approximate surface area is 134 Å². The fourth-order valence-electron chi connectivity index (χ4n) is 2.37. The molecule has 1 aliphatic carbocycles. The second kappa shape index (κ2) is 7.10. The third kappa shape index (κ3) is 4.96. The molecular formula is C17H31N3S. The molecule has 0 saturated heterocycles. The van der Waals surface area contributed by atoms with E-state index in [0.29, 0.717) is 0 Å². The number of unbranched alkanes of at least 4 members (excludes halogenated alkanes) is 1. The van der Waals surface area contributed by atoms with Gasteiger partial charge in [0.15, 0.2) is 5.13 Å². The molecule has 0 aliphatic heterocycles. The Morgan fingerprint density at radius 2 is 2.00 bits per heavy atom. The van der Waals surface area contributed by atoms with Gasteiger partial charge in [0, 0.05) is 36.0 Å². The van der Waals surface area contributed by atoms with Crippen molar-refractivity contribution in [2.24, 2.45) is 0 Å². The summed E-state index contributed by atoms with van der Waals surface area (Å²) in [6.45, 7) is 14.3. The first kappa shape index (κ1) is 16.8. The molecule has 120 valence electrons. The molecular weight excluding hydrogens is 278 g/mol. The fraction of sp³-hybridized carbons (Fsp3) is 0.824. The summed E-state index contributed by atoms with van der Waals surface area (Å²) in [5, 5.41) is 4.86. The predicted octanol–water partition coefficient (Wildman–Crippen LogP) is 4.54. The highest BCUT2D eigenvalue weighted by atomic mass is 32.1. The van der Waals surface area contributed by atoms with Crippen molar-refractivity contribution in [2.75, 3.05) is 18.0 Å². The monoisotopic (exact) mass is 309 g/mol. The zero-order chi connectivity index (χ0) is 15.5. The van der Waals surface area contributed by atoms with Crippen LogP contribution in [-0.4, -0.2) is 23.6 Å². The number of thiazole rings is 1. The summed E-state index contributed by atoms with van der Waals surface area (Å²) in [6.07, 6.45) is 5.15. The summed E-state index contributed by atoms with van der Waals surface area (Å²) in [5.74, 6) is 0.733. The Bertz CT molecular complexity index is 443. The number of hydrogen-bond donors (Lipinski definition) is 1. The van der Waals surface area contributed by atoms with Crippen molar-refractivity contribution < 1.29 is 0 Å². The van der Waals surface area contributed by atoms with E-state index in [1.807, 2.05) is 11.3 Å². The highest BCUT2D eigenvalue weighted by Gasteiger charge is 2.30. The van der Waals surface area contributed by atoms with Gasteiger partial charge in [-0.25, -0.2) is 4.98 Å². The van der Waals surface area contributed by atoms with Gasteiger partial charge in [-0.2, -0.15) is 0 Å². The van der Waals surface area contributed by atoms with Gasteiger partial charge in [-0.05, 0) is 47.0 Å². The Morgan fingerprint density at radius 3 is 2.52 bits per heavy atom. The first-order chi connectivity index (χ1) is 9.94. The summed E-state index contributed by atoms with van der Waals surface area (Å²) >= 11 is 1.90. The van der Waals surface area contributed by atoms with Crippen LogP contribution in [-0.2, 0) is 6.54 Å². The molecule has 0 radical (unpaired) electrons. The van der Waals surface area contributed by atoms with Gasteiger partial charge in [0.25, 0.3) is 0 Å². The lowest BCUT2D eigenvalue weighted by Crippen LogP contribution is -2.35. The summed E-state index contributed by atoms with van der Waals surface area (Å²) in [7, 11) is 0. The average molecular weight is 310 g/mol. The van der Waals surface area contributed by atoms with E-state index in [0.717, 1.165) is 25.6 Å². The summed E-state index contributed by atoms with van der Waals surface area (Å²) < 4.78 is 0. The third-order valence-electron chi connectivity index (χ3n) is 3.89. The molecule has 1 saturated carbocycles. The number of aromatic nitrogens is 1. The molecule has 1 aliphatic rings. The molecule has 0 bridgehead atoms. The molecule has 0 spiro atoms. The van der Waals surface area contributed by atoms with Crippen molar-refractivity contribution in [2.45, 2.75) is 78.3 Å². The van der Waals surface area contributed by atoms with Crippen LogP contribution in [0.1, 0.15) is 76.8 Å². The van der Waals surface area contributed by atoms with Crippen LogP contribution < -0.4 is 10.2 Å². The maximum absolute atomic E-state index is 5.00. The number of nitrogens with zero attached hydrogens (tertiary/aromatic N) is 2. The number of hydrogen-bond acceptors (Lipinski definition) is 4. The highest BCUT2D eigenvalue weighted by Crippen LogP contribution is 2.44. The quantitative estimate of drug-likeness (QED) is 0.764. The lowest BCUT2D eigenvalue weighted by atomic mass is 10.1. The topological polar surface area (TPSA) is 28.2 Å². The van der Waals surface area contributed by atoms with Crippen LogP contribution >= 0.6 is 11.3 Å². The molecule has 21 heavy (non-hydrogen) atoms. The smallest absolute Gasteiger partial charge is 0.185 e. The summed E-state index contributed by atoms with van der Waals surface area (Å²) in [4.78, 5) is 8.90. The molecule has 4 heteroatoms. The molecule has 0 aromatic carbocycles. The van der Waals surface area contributed by atoms with E-state index in [1.165, 1.54) is 41.4 Å². The van der Waals surface area contributed by atoms with E-state index in [-0.39, 0.29) is 5.54 Å². The van der Waals surface area contributed by atoms with E-state index >= 15 is 0 Å². The van der Waals surface area contributed by atoms with Crippen LogP contribution in [0, 0.1) is 0 Å². The molecule has 0 amide bonds. The van der Waals surface area contributed by atoms with E-state index in [9.17, 15) is 0 Å². The van der Waals surface area contributed by atoms with Gasteiger partial charge in [0.05, 0.1) is 5.69 Å². The van der Waals surface area contributed by atoms with Gasteiger partial charge in [0.1, 0.15) is 0 Å². The lowest BCUT2D eigenvalue weighted by molar-refractivity contribution is 0.425. The first-order valence-electron chi connectivity index (χ1n) is 8.44. The third-order valence-corrected chi connectivity index (χ3v) is 5.03. The van der Waals surface area contributed by atoms with Crippen LogP contribution in [0.4, 0.5) is 5.13 Å². The molecule has 1 fully saturated rings. The normalized spacial score (nSPS) is 15.5. The van der Waals surface area contributed by atoms with E-state index in [2.05, 4.69) is 44.8 Å². The van der Waals surface area contributed by atoms with Crippen molar-refractivity contribution >= 4 is 16.5 Å². The van der Waals surface area contributed by atoms with Gasteiger partial charge >= 0.3 is 0 Å². The average Bonchev–Trinajstić information content (AvgIpc) is 3.18. The minimum absolute atomic E-state index is 0.164. The molecule has 2 rings (SSSR count). The van der Waals surface area contributed by atoms with Crippen LogP contribution in [0.2, 0.25) is 0 Å². The molecule has 1 heterocycles. The maximum atomic E-state index is 5.00. The second-order valence-corrected chi connectivity index (χ2v) is 8.18. The minimum Gasteiger partial charge on any atom is -0.348 e. The van der Waals surface area contributed by atoms with Gasteiger partial charge in [-0.1, -0.05) is 13.3 Å². The highest BCUT2D eigenvalue weighted by molar-refractivity contribution is 7.15. The molecule has 0 atom stereocenters. The molecule has 1 N–H and O–H groups in total. The van der Waals surface area contributed by atoms with E-state index in [1.54, 1.807) is 0 Å². The standard InChI is InChI=1S/C17H31N3S/c1-6-8-11-20(7-2)16-19-15(13-9-10-13)14(21-16)12-18-17(3,4)5/h13,18H,6-12H2,1-5H3. The second-order valence-electron chi connectivity index (χ2n) is 7.12. The van der Waals surface area contributed by atoms with E-state index < -0.39 is 0 Å². The van der Waals surface area contributed by atoms with Gasteiger partial charge in [-0.15, -0.1) is 11.3 Å². The van der Waals surface area contributed by atoms with Crippen LogP contribution in [0.3, 0.4) is 0 Å². The number of rotatable bonds is 8. The summed E-state index contributed by atoms with van der Waals surface area (Å²) in [5.41, 5.74) is 1.54. The minimum atomic E-state index is 0.164. The lowest BCUT2D eigenvalue weighted by Gasteiger charge is -2.20. The van der Waals surface area contributed by atoms with Crippen molar-refractivity contribution in [3.05, 3.63) is 10.6 Å². The Morgan fingerprint density at radius 1 is 1.29 bits per heavy atom. The predicted molar refractivity (Wildman–Crippen MR) is 93.5 cm³/mol. The largest absolute Gasteiger partial charge is 0.348 e. The van der Waals surface area contributed by atoms with E-state index in [4.69, 9.17) is 4.98 Å². The van der Waals surface area contributed by atoms with Gasteiger partial charge < -0.3 is 10.2 Å². The maximum Gasteiger partial charge on any atom is 0.185 e. The molecule has 1 aromatic heterocycles. The van der Waals surface area contributed by atoms with Gasteiger partial charge in [-0.3, -0.25) is 0 Å². The summed E-state index contributed by atoms with van der Waals surface area (Å²) in [6, 6.07) is 0. The number of anilines is 1. The zero-order valence-electron chi connectivity index (χ0n) is 14.3. The SMILES string of the molecule is CCCCN(CC)c1nc(C2CC2)c(CNC(C)(C)C)s1. The number of nitrogens with one attached hydrogen (secondary N) is 1. The fourth-order valence-corrected chi connectivity index (χ4v) is 3.55. The molecule has 1 aromatic rings. The van der Waals surface area contributed by atoms with Crippen molar-refractivity contribution in [3.8, 4) is 0 Å². The zero-order valence-corrected chi connectivity index (χ0v) is 15.1. The van der Waals surface area contributed by atoms with Gasteiger partial charge in [0.2, 0.25) is 0 Å². The molecule has 0 unspecified atom stereocenters. The molecule has 3 nitrogen and oxygen atoms in total. The van der Waals surface area contributed by atoms with Crippen LogP contribution in [0.15, 0.2) is 0 Å².